The summed E-state index contributed by atoms with van der Waals surface area (Å²) >= 11 is 0. The van der Waals surface area contributed by atoms with Gasteiger partial charge in [-0.2, -0.15) is 5.10 Å². The van der Waals surface area contributed by atoms with Crippen LogP contribution in [0.5, 0.6) is 0 Å². The Morgan fingerprint density at radius 2 is 1.88 bits per heavy atom. The number of carbonyl (C=O) groups excluding carboxylic acids is 2. The molecule has 1 fully saturated rings. The van der Waals surface area contributed by atoms with E-state index in [9.17, 15) is 14.4 Å². The molecular weight excluding hydrogens is 338 g/mol. The first kappa shape index (κ1) is 18.1. The van der Waals surface area contributed by atoms with Gasteiger partial charge in [0.15, 0.2) is 6.61 Å². The van der Waals surface area contributed by atoms with Crippen LogP contribution in [0, 0.1) is 0 Å². The number of nitrogens with one attached hydrogen (secondary N) is 1. The zero-order valence-corrected chi connectivity index (χ0v) is 14.7. The maximum Gasteiger partial charge on any atom is 0.312 e. The van der Waals surface area contributed by atoms with Crippen LogP contribution in [0.4, 0.5) is 0 Å². The number of rotatable bonds is 4. The lowest BCUT2D eigenvalue weighted by Gasteiger charge is -2.35. The third-order valence-corrected chi connectivity index (χ3v) is 4.22. The molecule has 26 heavy (non-hydrogen) atoms. The van der Waals surface area contributed by atoms with Crippen LogP contribution in [0.25, 0.3) is 10.8 Å². The highest BCUT2D eigenvalue weighted by molar-refractivity contribution is 5.87. The van der Waals surface area contributed by atoms with Crippen LogP contribution in [0.1, 0.15) is 19.5 Å². The molecule has 1 aromatic heterocycles. The first-order valence-electron chi connectivity index (χ1n) is 8.49. The average molecular weight is 359 g/mol. The number of esters is 1. The fraction of sp³-hybridized carbons (Fsp3) is 0.444. The maximum absolute atomic E-state index is 12.2. The standard InChI is InChI=1S/C18H21N3O5/c1-11-8-21(9-12(2)26-11)16(22)10-25-17(23)7-15-13-5-3-4-6-14(13)18(24)20-19-15/h3-6,11-12H,7-10H2,1-2H3,(H,20,24). The van der Waals surface area contributed by atoms with E-state index in [0.717, 1.165) is 0 Å². The molecular formula is C18H21N3O5. The van der Waals surface area contributed by atoms with Gasteiger partial charge in [0.1, 0.15) is 0 Å². The topological polar surface area (TPSA) is 102 Å². The molecule has 8 heteroatoms. The predicted molar refractivity (Wildman–Crippen MR) is 93.6 cm³/mol. The summed E-state index contributed by atoms with van der Waals surface area (Å²) in [6.45, 7) is 4.43. The number of H-pyrrole nitrogens is 1. The minimum atomic E-state index is -0.572. The molecule has 2 unspecified atom stereocenters. The Kier molecular flexibility index (Phi) is 5.32. The molecule has 2 heterocycles. The predicted octanol–water partition coefficient (Wildman–Crippen LogP) is 0.645. The zero-order chi connectivity index (χ0) is 18.7. The van der Waals surface area contributed by atoms with Gasteiger partial charge in [-0.05, 0) is 19.9 Å². The van der Waals surface area contributed by atoms with E-state index in [1.807, 2.05) is 13.8 Å². The molecule has 0 radical (unpaired) electrons. The normalized spacial score (nSPS) is 20.2. The quantitative estimate of drug-likeness (QED) is 0.804. The molecule has 0 spiro atoms. The van der Waals surface area contributed by atoms with Crippen LogP contribution in [0.3, 0.4) is 0 Å². The Balaban J connectivity index is 1.60. The summed E-state index contributed by atoms with van der Waals surface area (Å²) in [6.07, 6.45) is -0.217. The van der Waals surface area contributed by atoms with Gasteiger partial charge in [0.2, 0.25) is 0 Å². The van der Waals surface area contributed by atoms with Crippen LogP contribution in [-0.2, 0) is 25.5 Å². The maximum atomic E-state index is 12.2. The van der Waals surface area contributed by atoms with E-state index >= 15 is 0 Å². The monoisotopic (exact) mass is 359 g/mol. The van der Waals surface area contributed by atoms with Crippen molar-refractivity contribution in [3.05, 3.63) is 40.3 Å². The molecule has 1 aromatic carbocycles. The second-order valence-corrected chi connectivity index (χ2v) is 6.44. The van der Waals surface area contributed by atoms with Crippen LogP contribution in [-0.4, -0.2) is 58.9 Å². The largest absolute Gasteiger partial charge is 0.455 e. The lowest BCUT2D eigenvalue weighted by molar-refractivity contribution is -0.156. The molecule has 1 amide bonds. The number of morpholine rings is 1. The fourth-order valence-corrected chi connectivity index (χ4v) is 3.11. The number of aromatic amines is 1. The Hall–Kier alpha value is -2.74. The third kappa shape index (κ3) is 4.08. The lowest BCUT2D eigenvalue weighted by atomic mass is 10.1. The Labute approximate surface area is 150 Å². The molecule has 8 nitrogen and oxygen atoms in total. The van der Waals surface area contributed by atoms with Crippen LogP contribution >= 0.6 is 0 Å². The molecule has 0 bridgehead atoms. The van der Waals surface area contributed by atoms with Crippen LogP contribution < -0.4 is 5.56 Å². The minimum Gasteiger partial charge on any atom is -0.455 e. The zero-order valence-electron chi connectivity index (χ0n) is 14.7. The van der Waals surface area contributed by atoms with Gasteiger partial charge in [0, 0.05) is 18.5 Å². The van der Waals surface area contributed by atoms with E-state index < -0.39 is 5.97 Å². The molecule has 1 aliphatic heterocycles. The number of carbonyl (C=O) groups is 2. The highest BCUT2D eigenvalue weighted by Crippen LogP contribution is 2.14. The van der Waals surface area contributed by atoms with Gasteiger partial charge >= 0.3 is 5.97 Å². The minimum absolute atomic E-state index is 0.0462. The number of hydrogen-bond donors (Lipinski definition) is 1. The van der Waals surface area contributed by atoms with Crippen molar-refractivity contribution >= 4 is 22.6 Å². The summed E-state index contributed by atoms with van der Waals surface area (Å²) < 4.78 is 10.7. The highest BCUT2D eigenvalue weighted by atomic mass is 16.5. The van der Waals surface area contributed by atoms with E-state index in [4.69, 9.17) is 9.47 Å². The second kappa shape index (κ2) is 7.65. The Morgan fingerprint density at radius 3 is 2.58 bits per heavy atom. The van der Waals surface area contributed by atoms with Crippen molar-refractivity contribution in [1.82, 2.24) is 15.1 Å². The Morgan fingerprint density at radius 1 is 1.23 bits per heavy atom. The first-order chi connectivity index (χ1) is 12.4. The van der Waals surface area contributed by atoms with Gasteiger partial charge in [-0.25, -0.2) is 5.10 Å². The molecule has 2 aromatic rings. The van der Waals surface area contributed by atoms with Crippen molar-refractivity contribution in [1.29, 1.82) is 0 Å². The molecule has 1 saturated heterocycles. The average Bonchev–Trinajstić information content (AvgIpc) is 2.61. The second-order valence-electron chi connectivity index (χ2n) is 6.44. The van der Waals surface area contributed by atoms with Gasteiger partial charge in [0.05, 0.1) is 29.7 Å². The van der Waals surface area contributed by atoms with Gasteiger partial charge in [-0.3, -0.25) is 14.4 Å². The van der Waals surface area contributed by atoms with Gasteiger partial charge in [-0.15, -0.1) is 0 Å². The van der Waals surface area contributed by atoms with Crippen molar-refractivity contribution in [2.75, 3.05) is 19.7 Å². The summed E-state index contributed by atoms with van der Waals surface area (Å²) in [5.41, 5.74) is 0.0923. The molecule has 3 rings (SSSR count). The Bertz CT molecular complexity index is 869. The van der Waals surface area contributed by atoms with Crippen molar-refractivity contribution in [2.24, 2.45) is 0 Å². The van der Waals surface area contributed by atoms with E-state index in [-0.39, 0.29) is 36.7 Å². The summed E-state index contributed by atoms with van der Waals surface area (Å²) in [7, 11) is 0. The lowest BCUT2D eigenvalue weighted by Crippen LogP contribution is -2.49. The highest BCUT2D eigenvalue weighted by Gasteiger charge is 2.26. The fourth-order valence-electron chi connectivity index (χ4n) is 3.11. The van der Waals surface area contributed by atoms with Gasteiger partial charge in [0.25, 0.3) is 11.5 Å². The van der Waals surface area contributed by atoms with E-state index in [0.29, 0.717) is 29.6 Å². The van der Waals surface area contributed by atoms with Gasteiger partial charge < -0.3 is 14.4 Å². The molecule has 2 atom stereocenters. The molecule has 1 aliphatic rings. The summed E-state index contributed by atoms with van der Waals surface area (Å²) in [5, 5.41) is 7.35. The molecule has 0 aliphatic carbocycles. The van der Waals surface area contributed by atoms with Crippen molar-refractivity contribution in [3.8, 4) is 0 Å². The van der Waals surface area contributed by atoms with Crippen LogP contribution in [0.2, 0.25) is 0 Å². The SMILES string of the molecule is CC1CN(C(=O)COC(=O)Cc2n[nH]c(=O)c3ccccc23)CC(C)O1. The number of hydrogen-bond acceptors (Lipinski definition) is 6. The summed E-state index contributed by atoms with van der Waals surface area (Å²) in [4.78, 5) is 37.7. The van der Waals surface area contributed by atoms with Crippen molar-refractivity contribution in [3.63, 3.8) is 0 Å². The van der Waals surface area contributed by atoms with E-state index in [1.54, 1.807) is 29.2 Å². The third-order valence-electron chi connectivity index (χ3n) is 4.22. The van der Waals surface area contributed by atoms with Crippen molar-refractivity contribution in [2.45, 2.75) is 32.5 Å². The number of aromatic nitrogens is 2. The number of ether oxygens (including phenoxy) is 2. The van der Waals surface area contributed by atoms with E-state index in [1.165, 1.54) is 0 Å². The molecule has 0 saturated carbocycles. The van der Waals surface area contributed by atoms with Gasteiger partial charge in [-0.1, -0.05) is 18.2 Å². The number of amides is 1. The van der Waals surface area contributed by atoms with E-state index in [2.05, 4.69) is 10.2 Å². The van der Waals surface area contributed by atoms with Crippen LogP contribution in [0.15, 0.2) is 29.1 Å². The summed E-state index contributed by atoms with van der Waals surface area (Å²) in [6, 6.07) is 6.89. The summed E-state index contributed by atoms with van der Waals surface area (Å²) in [5.74, 6) is -0.822. The molecule has 138 valence electrons. The number of benzene rings is 1. The van der Waals surface area contributed by atoms with Crippen molar-refractivity contribution < 1.29 is 19.1 Å². The molecule has 1 N–H and O–H groups in total. The smallest absolute Gasteiger partial charge is 0.312 e. The number of nitrogens with zero attached hydrogens (tertiary/aromatic N) is 2. The first-order valence-corrected chi connectivity index (χ1v) is 8.49. The number of fused-ring (bicyclic) bond motifs is 1.